The molecule has 7 heteroatoms. The number of likely N-dealkylation sites (N-methyl/N-ethyl adjacent to an activating group) is 1. The first-order chi connectivity index (χ1) is 11.7. The van der Waals surface area contributed by atoms with Crippen LogP contribution < -0.4 is 5.32 Å². The van der Waals surface area contributed by atoms with Crippen LogP contribution in [0.5, 0.6) is 0 Å². The number of nitrogens with one attached hydrogen (secondary N) is 1. The molecule has 0 spiro atoms. The number of likely N-dealkylation sites (tertiary alicyclic amines) is 1. The van der Waals surface area contributed by atoms with E-state index in [-0.39, 0.29) is 5.91 Å². The number of carbonyl (C=O) groups excluding carboxylic acids is 1. The Morgan fingerprint density at radius 3 is 2.96 bits per heavy atom. The lowest BCUT2D eigenvalue weighted by Crippen LogP contribution is -2.40. The number of halogens is 1. The summed E-state index contributed by atoms with van der Waals surface area (Å²) >= 11 is 5.87. The molecule has 1 aromatic carbocycles. The second kappa shape index (κ2) is 7.77. The van der Waals surface area contributed by atoms with Crippen LogP contribution in [0.15, 0.2) is 28.8 Å². The molecule has 1 aromatic heterocycles. The molecule has 1 N–H and O–H groups in total. The normalized spacial score (nSPS) is 17.4. The van der Waals surface area contributed by atoms with E-state index in [0.29, 0.717) is 35.6 Å². The lowest BCUT2D eigenvalue weighted by Gasteiger charge is -2.24. The highest BCUT2D eigenvalue weighted by atomic mass is 35.5. The van der Waals surface area contributed by atoms with Crippen LogP contribution >= 0.6 is 11.6 Å². The highest BCUT2D eigenvalue weighted by Gasteiger charge is 2.27. The van der Waals surface area contributed by atoms with Crippen molar-refractivity contribution in [1.82, 2.24) is 20.4 Å². The lowest BCUT2D eigenvalue weighted by atomic mass is 10.2. The van der Waals surface area contributed by atoms with Gasteiger partial charge in [-0.1, -0.05) is 16.8 Å². The Morgan fingerprint density at radius 1 is 1.42 bits per heavy atom. The summed E-state index contributed by atoms with van der Waals surface area (Å²) in [6.07, 6.45) is 2.98. The zero-order valence-corrected chi connectivity index (χ0v) is 14.4. The van der Waals surface area contributed by atoms with Crippen LogP contribution in [0.2, 0.25) is 5.02 Å². The van der Waals surface area contributed by atoms with Gasteiger partial charge in [-0.2, -0.15) is 4.98 Å². The van der Waals surface area contributed by atoms with Gasteiger partial charge in [-0.25, -0.2) is 0 Å². The van der Waals surface area contributed by atoms with Crippen molar-refractivity contribution in [1.29, 1.82) is 0 Å². The highest BCUT2D eigenvalue weighted by Crippen LogP contribution is 2.20. The van der Waals surface area contributed by atoms with E-state index < -0.39 is 0 Å². The van der Waals surface area contributed by atoms with Crippen molar-refractivity contribution in [2.45, 2.75) is 31.7 Å². The Morgan fingerprint density at radius 2 is 2.21 bits per heavy atom. The molecule has 1 atom stereocenters. The van der Waals surface area contributed by atoms with E-state index in [1.165, 1.54) is 0 Å². The maximum absolute atomic E-state index is 12.4. The first-order valence-corrected chi connectivity index (χ1v) is 8.58. The van der Waals surface area contributed by atoms with E-state index in [9.17, 15) is 4.79 Å². The summed E-state index contributed by atoms with van der Waals surface area (Å²) in [5.74, 6) is 1.15. The summed E-state index contributed by atoms with van der Waals surface area (Å²) in [7, 11) is 1.91. The van der Waals surface area contributed by atoms with Gasteiger partial charge in [0, 0.05) is 42.6 Å². The Bertz CT molecular complexity index is 686. The van der Waals surface area contributed by atoms with Crippen LogP contribution in [-0.2, 0) is 11.2 Å². The van der Waals surface area contributed by atoms with Gasteiger partial charge < -0.3 is 14.7 Å². The van der Waals surface area contributed by atoms with Crippen LogP contribution in [0.4, 0.5) is 0 Å². The van der Waals surface area contributed by atoms with Crippen LogP contribution in [0.1, 0.15) is 25.2 Å². The van der Waals surface area contributed by atoms with Crippen LogP contribution in [0.25, 0.3) is 11.4 Å². The van der Waals surface area contributed by atoms with Gasteiger partial charge in [-0.3, -0.25) is 4.79 Å². The van der Waals surface area contributed by atoms with Crippen LogP contribution in [-0.4, -0.2) is 47.1 Å². The molecule has 24 heavy (non-hydrogen) atoms. The van der Waals surface area contributed by atoms with Gasteiger partial charge in [0.05, 0.1) is 0 Å². The number of aromatic nitrogens is 2. The Balaban J connectivity index is 1.57. The quantitative estimate of drug-likeness (QED) is 0.868. The van der Waals surface area contributed by atoms with Gasteiger partial charge in [-0.05, 0) is 44.2 Å². The summed E-state index contributed by atoms with van der Waals surface area (Å²) < 4.78 is 5.26. The first kappa shape index (κ1) is 16.9. The van der Waals surface area contributed by atoms with Crippen molar-refractivity contribution >= 4 is 17.5 Å². The standard InChI is InChI=1S/C17H21ClN4O2/c1-19-11-14-3-2-10-22(14)16(23)9-8-15-20-17(21-24-15)12-4-6-13(18)7-5-12/h4-7,14,19H,2-3,8-11H2,1H3. The average molecular weight is 349 g/mol. The minimum absolute atomic E-state index is 0.152. The summed E-state index contributed by atoms with van der Waals surface area (Å²) in [6.45, 7) is 1.68. The number of amides is 1. The minimum atomic E-state index is 0.152. The van der Waals surface area contributed by atoms with Crippen molar-refractivity contribution in [3.63, 3.8) is 0 Å². The molecule has 1 aliphatic heterocycles. The van der Waals surface area contributed by atoms with E-state index in [1.54, 1.807) is 12.1 Å². The van der Waals surface area contributed by atoms with Gasteiger partial charge in [0.15, 0.2) is 0 Å². The number of benzene rings is 1. The second-order valence-corrected chi connectivity index (χ2v) is 6.40. The number of rotatable bonds is 6. The molecular formula is C17H21ClN4O2. The zero-order valence-electron chi connectivity index (χ0n) is 13.7. The summed E-state index contributed by atoms with van der Waals surface area (Å²) in [5.41, 5.74) is 0.842. The van der Waals surface area contributed by atoms with E-state index >= 15 is 0 Å². The molecule has 0 bridgehead atoms. The molecule has 2 heterocycles. The Labute approximate surface area is 146 Å². The van der Waals surface area contributed by atoms with E-state index in [4.69, 9.17) is 16.1 Å². The topological polar surface area (TPSA) is 71.3 Å². The number of carbonyl (C=O) groups is 1. The van der Waals surface area contributed by atoms with Crippen LogP contribution in [0, 0.1) is 0 Å². The monoisotopic (exact) mass is 348 g/mol. The number of hydrogen-bond donors (Lipinski definition) is 1. The predicted molar refractivity (Wildman–Crippen MR) is 91.7 cm³/mol. The van der Waals surface area contributed by atoms with Crippen molar-refractivity contribution in [3.05, 3.63) is 35.2 Å². The molecule has 128 valence electrons. The summed E-state index contributed by atoms with van der Waals surface area (Å²) in [6, 6.07) is 7.55. The molecule has 6 nitrogen and oxygen atoms in total. The second-order valence-electron chi connectivity index (χ2n) is 5.96. The first-order valence-electron chi connectivity index (χ1n) is 8.20. The SMILES string of the molecule is CNCC1CCCN1C(=O)CCc1nc(-c2ccc(Cl)cc2)no1. The van der Waals surface area contributed by atoms with E-state index in [1.807, 2.05) is 24.1 Å². The van der Waals surface area contributed by atoms with Gasteiger partial charge in [0.2, 0.25) is 17.6 Å². The third kappa shape index (κ3) is 3.94. The molecular weight excluding hydrogens is 328 g/mol. The Hall–Kier alpha value is -1.92. The van der Waals surface area contributed by atoms with Crippen LogP contribution in [0.3, 0.4) is 0 Å². The molecule has 0 radical (unpaired) electrons. The fraction of sp³-hybridized carbons (Fsp3) is 0.471. The molecule has 1 saturated heterocycles. The largest absolute Gasteiger partial charge is 0.339 e. The number of nitrogens with zero attached hydrogens (tertiary/aromatic N) is 3. The smallest absolute Gasteiger partial charge is 0.227 e. The lowest BCUT2D eigenvalue weighted by molar-refractivity contribution is -0.132. The molecule has 1 fully saturated rings. The fourth-order valence-corrected chi connectivity index (χ4v) is 3.17. The van der Waals surface area contributed by atoms with Crippen molar-refractivity contribution < 1.29 is 9.32 Å². The van der Waals surface area contributed by atoms with E-state index in [0.717, 1.165) is 31.5 Å². The van der Waals surface area contributed by atoms with E-state index in [2.05, 4.69) is 15.5 Å². The maximum atomic E-state index is 12.4. The molecule has 2 aromatic rings. The number of hydrogen-bond acceptors (Lipinski definition) is 5. The fourth-order valence-electron chi connectivity index (χ4n) is 3.04. The highest BCUT2D eigenvalue weighted by molar-refractivity contribution is 6.30. The predicted octanol–water partition coefficient (Wildman–Crippen LogP) is 2.53. The third-order valence-electron chi connectivity index (χ3n) is 4.26. The zero-order chi connectivity index (χ0) is 16.9. The van der Waals surface area contributed by atoms with Gasteiger partial charge in [0.25, 0.3) is 0 Å². The van der Waals surface area contributed by atoms with Gasteiger partial charge in [0.1, 0.15) is 0 Å². The molecule has 1 amide bonds. The summed E-state index contributed by atoms with van der Waals surface area (Å²) in [4.78, 5) is 18.7. The minimum Gasteiger partial charge on any atom is -0.339 e. The average Bonchev–Trinajstić information content (AvgIpc) is 3.23. The molecule has 1 unspecified atom stereocenters. The van der Waals surface area contributed by atoms with Gasteiger partial charge in [-0.15, -0.1) is 0 Å². The van der Waals surface area contributed by atoms with Crippen molar-refractivity contribution in [2.75, 3.05) is 20.1 Å². The van der Waals surface area contributed by atoms with Crippen molar-refractivity contribution in [3.8, 4) is 11.4 Å². The molecule has 1 aliphatic rings. The third-order valence-corrected chi connectivity index (χ3v) is 4.51. The Kier molecular flexibility index (Phi) is 5.48. The van der Waals surface area contributed by atoms with Gasteiger partial charge >= 0.3 is 0 Å². The molecule has 0 saturated carbocycles. The maximum Gasteiger partial charge on any atom is 0.227 e. The summed E-state index contributed by atoms with van der Waals surface area (Å²) in [5, 5.41) is 7.78. The number of aryl methyl sites for hydroxylation is 1. The van der Waals surface area contributed by atoms with Crippen molar-refractivity contribution in [2.24, 2.45) is 0 Å². The molecule has 3 rings (SSSR count). The molecule has 0 aliphatic carbocycles.